The first-order valence-corrected chi connectivity index (χ1v) is 11.0. The van der Waals surface area contributed by atoms with Gasteiger partial charge < -0.3 is 24.3 Å². The summed E-state index contributed by atoms with van der Waals surface area (Å²) in [6, 6.07) is 11.3. The molecule has 1 heterocycles. The summed E-state index contributed by atoms with van der Waals surface area (Å²) in [6.45, 7) is 6.09. The average Bonchev–Trinajstić information content (AvgIpc) is 2.85. The van der Waals surface area contributed by atoms with Gasteiger partial charge in [0.25, 0.3) is 0 Å². The maximum Gasteiger partial charge on any atom is 0.163 e. The van der Waals surface area contributed by atoms with Crippen LogP contribution in [0.5, 0.6) is 11.5 Å². The first kappa shape index (κ1) is 25.9. The van der Waals surface area contributed by atoms with Gasteiger partial charge in [0.05, 0.1) is 18.7 Å². The Balaban J connectivity index is 0.000000890. The van der Waals surface area contributed by atoms with Gasteiger partial charge in [0.15, 0.2) is 11.5 Å². The van der Waals surface area contributed by atoms with Gasteiger partial charge in [-0.15, -0.1) is 6.42 Å². The zero-order chi connectivity index (χ0) is 23.9. The lowest BCUT2D eigenvalue weighted by molar-refractivity contribution is 0.132. The molecule has 7 heteroatoms. The molecule has 0 radical (unpaired) electrons. The van der Waals surface area contributed by atoms with E-state index < -0.39 is 0 Å². The van der Waals surface area contributed by atoms with Crippen LogP contribution in [0.2, 0.25) is 0 Å². The first-order valence-electron chi connectivity index (χ1n) is 11.0. The summed E-state index contributed by atoms with van der Waals surface area (Å²) in [5.74, 6) is 4.44. The van der Waals surface area contributed by atoms with Crippen LogP contribution in [0.15, 0.2) is 42.7 Å². The summed E-state index contributed by atoms with van der Waals surface area (Å²) in [6.07, 6.45) is 9.63. The number of terminal acetylenes is 1. The fourth-order valence-corrected chi connectivity index (χ4v) is 2.68. The van der Waals surface area contributed by atoms with Crippen molar-refractivity contribution in [3.05, 3.63) is 48.3 Å². The van der Waals surface area contributed by atoms with E-state index >= 15 is 0 Å². The van der Waals surface area contributed by atoms with Gasteiger partial charge in [0.2, 0.25) is 0 Å². The zero-order valence-electron chi connectivity index (χ0n) is 19.9. The zero-order valence-corrected chi connectivity index (χ0v) is 19.9. The number of nitrogens with one attached hydrogen (secondary N) is 1. The van der Waals surface area contributed by atoms with E-state index in [-0.39, 0.29) is 0 Å². The highest BCUT2D eigenvalue weighted by Crippen LogP contribution is 2.35. The van der Waals surface area contributed by atoms with Crippen molar-refractivity contribution in [1.29, 1.82) is 0 Å². The van der Waals surface area contributed by atoms with Crippen LogP contribution < -0.4 is 14.8 Å². The number of hydrogen-bond acceptors (Lipinski definition) is 7. The van der Waals surface area contributed by atoms with E-state index in [1.54, 1.807) is 14.2 Å². The van der Waals surface area contributed by atoms with Crippen molar-refractivity contribution in [3.63, 3.8) is 0 Å². The number of nitrogens with zero attached hydrogens (tertiary/aromatic N) is 2. The minimum atomic E-state index is 0.392. The molecule has 0 spiro atoms. The quantitative estimate of drug-likeness (QED) is 0.317. The smallest absolute Gasteiger partial charge is 0.163 e. The number of aromatic nitrogens is 2. The Morgan fingerprint density at radius 3 is 2.15 bits per heavy atom. The SMILES string of the molecule is C#Cc1cccc(Nc2ncnc3cc(OCCOC)c(OCCOC)cc23)c1.CCCC. The molecule has 1 N–H and O–H groups in total. The molecular weight excluding hydrogens is 418 g/mol. The van der Waals surface area contributed by atoms with Gasteiger partial charge in [-0.05, 0) is 24.3 Å². The number of fused-ring (bicyclic) bond motifs is 1. The predicted octanol–water partition coefficient (Wildman–Crippen LogP) is 5.21. The van der Waals surface area contributed by atoms with Crippen LogP contribution in [0.25, 0.3) is 10.9 Å². The third-order valence-electron chi connectivity index (χ3n) is 4.58. The summed E-state index contributed by atoms with van der Waals surface area (Å²) in [5.41, 5.74) is 2.34. The number of methoxy groups -OCH3 is 2. The molecule has 0 aliphatic heterocycles. The van der Waals surface area contributed by atoms with E-state index in [9.17, 15) is 0 Å². The molecule has 0 saturated heterocycles. The molecule has 1 aromatic heterocycles. The molecule has 7 nitrogen and oxygen atoms in total. The van der Waals surface area contributed by atoms with Crippen molar-refractivity contribution >= 4 is 22.4 Å². The second-order valence-corrected chi connectivity index (χ2v) is 7.07. The number of rotatable bonds is 11. The van der Waals surface area contributed by atoms with Crippen LogP contribution in [-0.2, 0) is 9.47 Å². The molecule has 2 aromatic carbocycles. The van der Waals surface area contributed by atoms with E-state index in [1.165, 1.54) is 19.2 Å². The van der Waals surface area contributed by atoms with Gasteiger partial charge in [-0.3, -0.25) is 0 Å². The minimum Gasteiger partial charge on any atom is -0.487 e. The maximum atomic E-state index is 5.86. The lowest BCUT2D eigenvalue weighted by atomic mass is 10.2. The summed E-state index contributed by atoms with van der Waals surface area (Å²) in [5, 5.41) is 4.10. The molecule has 0 amide bonds. The summed E-state index contributed by atoms with van der Waals surface area (Å²) < 4.78 is 21.8. The van der Waals surface area contributed by atoms with Gasteiger partial charge >= 0.3 is 0 Å². The topological polar surface area (TPSA) is 74.7 Å². The normalized spacial score (nSPS) is 10.2. The van der Waals surface area contributed by atoms with Crippen LogP contribution >= 0.6 is 0 Å². The molecule has 0 bridgehead atoms. The lowest BCUT2D eigenvalue weighted by Crippen LogP contribution is -2.09. The number of anilines is 2. The highest BCUT2D eigenvalue weighted by molar-refractivity contribution is 5.93. The second-order valence-electron chi connectivity index (χ2n) is 7.07. The molecule has 176 valence electrons. The molecule has 33 heavy (non-hydrogen) atoms. The third-order valence-corrected chi connectivity index (χ3v) is 4.58. The number of unbranched alkanes of at least 4 members (excludes halogenated alkanes) is 1. The third kappa shape index (κ3) is 8.26. The monoisotopic (exact) mass is 451 g/mol. The van der Waals surface area contributed by atoms with Gasteiger partial charge in [0, 0.05) is 36.9 Å². The molecule has 0 atom stereocenters. The Morgan fingerprint density at radius 1 is 0.879 bits per heavy atom. The van der Waals surface area contributed by atoms with Crippen molar-refractivity contribution < 1.29 is 18.9 Å². The number of ether oxygens (including phenoxy) is 4. The van der Waals surface area contributed by atoms with Crippen molar-refractivity contribution in [2.75, 3.05) is 46.0 Å². The van der Waals surface area contributed by atoms with Crippen molar-refractivity contribution in [3.8, 4) is 23.8 Å². The maximum absolute atomic E-state index is 5.86. The lowest BCUT2D eigenvalue weighted by Gasteiger charge is -2.15. The molecule has 0 fully saturated rings. The Labute approximate surface area is 196 Å². The Kier molecular flexibility index (Phi) is 11.5. The largest absolute Gasteiger partial charge is 0.487 e. The molecule has 0 aliphatic carbocycles. The fourth-order valence-electron chi connectivity index (χ4n) is 2.68. The minimum absolute atomic E-state index is 0.392. The van der Waals surface area contributed by atoms with Gasteiger partial charge in [0.1, 0.15) is 25.4 Å². The predicted molar refractivity (Wildman–Crippen MR) is 133 cm³/mol. The second kappa shape index (κ2) is 14.7. The molecular formula is C26H33N3O4. The molecule has 0 aliphatic rings. The van der Waals surface area contributed by atoms with E-state index in [4.69, 9.17) is 25.4 Å². The molecule has 3 rings (SSSR count). The van der Waals surface area contributed by atoms with Crippen LogP contribution in [0.1, 0.15) is 32.3 Å². The van der Waals surface area contributed by atoms with E-state index in [2.05, 4.69) is 35.1 Å². The Morgan fingerprint density at radius 2 is 1.55 bits per heavy atom. The van der Waals surface area contributed by atoms with E-state index in [0.717, 1.165) is 22.2 Å². The standard InChI is InChI=1S/C22H23N3O4.C4H10/c1-4-16-6-5-7-17(12-16)25-22-18-13-20(28-10-8-26-2)21(29-11-9-27-3)14-19(18)23-15-24-22;1-3-4-2/h1,5-7,12-15H,8-11H2,2-3H3,(H,23,24,25);3-4H2,1-2H3. The van der Waals surface area contributed by atoms with Crippen LogP contribution in [0, 0.1) is 12.3 Å². The van der Waals surface area contributed by atoms with E-state index in [1.807, 2.05) is 36.4 Å². The Hall–Kier alpha value is -3.34. The van der Waals surface area contributed by atoms with Crippen LogP contribution in [0.4, 0.5) is 11.5 Å². The molecule has 0 unspecified atom stereocenters. The number of hydrogen-bond donors (Lipinski definition) is 1. The molecule has 0 saturated carbocycles. The fraction of sp³-hybridized carbons (Fsp3) is 0.385. The highest BCUT2D eigenvalue weighted by atomic mass is 16.5. The van der Waals surface area contributed by atoms with Crippen LogP contribution in [-0.4, -0.2) is 50.6 Å². The number of benzene rings is 2. The van der Waals surface area contributed by atoms with Gasteiger partial charge in [-0.25, -0.2) is 9.97 Å². The van der Waals surface area contributed by atoms with Crippen LogP contribution in [0.3, 0.4) is 0 Å². The summed E-state index contributed by atoms with van der Waals surface area (Å²) in [7, 11) is 3.25. The first-order chi connectivity index (χ1) is 16.2. The van der Waals surface area contributed by atoms with Crippen molar-refractivity contribution in [2.45, 2.75) is 26.7 Å². The van der Waals surface area contributed by atoms with Gasteiger partial charge in [-0.1, -0.05) is 38.7 Å². The molecule has 3 aromatic rings. The van der Waals surface area contributed by atoms with E-state index in [0.29, 0.717) is 43.7 Å². The average molecular weight is 452 g/mol. The van der Waals surface area contributed by atoms with Crippen molar-refractivity contribution in [1.82, 2.24) is 9.97 Å². The highest BCUT2D eigenvalue weighted by Gasteiger charge is 2.13. The summed E-state index contributed by atoms with van der Waals surface area (Å²) >= 11 is 0. The van der Waals surface area contributed by atoms with Gasteiger partial charge in [-0.2, -0.15) is 0 Å². The summed E-state index contributed by atoms with van der Waals surface area (Å²) in [4.78, 5) is 8.75. The van der Waals surface area contributed by atoms with Crippen molar-refractivity contribution in [2.24, 2.45) is 0 Å². The Bertz CT molecular complexity index is 1030.